The Morgan fingerprint density at radius 1 is 1.50 bits per heavy atom. The highest BCUT2D eigenvalue weighted by atomic mass is 16.5. The lowest BCUT2D eigenvalue weighted by molar-refractivity contribution is -0.605. The van der Waals surface area contributed by atoms with Gasteiger partial charge in [0.1, 0.15) is 0 Å². The highest BCUT2D eigenvalue weighted by Gasteiger charge is 2.00. The van der Waals surface area contributed by atoms with Crippen LogP contribution in [0.3, 0.4) is 0 Å². The highest BCUT2D eigenvalue weighted by Crippen LogP contribution is 2.09. The normalized spacial score (nSPS) is 10.3. The van der Waals surface area contributed by atoms with Crippen LogP contribution in [0, 0.1) is 5.21 Å². The summed E-state index contributed by atoms with van der Waals surface area (Å²) >= 11 is 0. The van der Waals surface area contributed by atoms with Crippen molar-refractivity contribution >= 4 is 0 Å². The molecule has 0 bridgehead atoms. The molecule has 0 amide bonds. The molecule has 0 fully saturated rings. The van der Waals surface area contributed by atoms with Gasteiger partial charge in [-0.15, -0.1) is 0 Å². The zero-order valence-corrected chi connectivity index (χ0v) is 6.24. The van der Waals surface area contributed by atoms with Gasteiger partial charge in [-0.25, -0.2) is 0 Å². The van der Waals surface area contributed by atoms with Gasteiger partial charge in [-0.1, -0.05) is 13.8 Å². The van der Waals surface area contributed by atoms with Crippen molar-refractivity contribution < 1.29 is 4.73 Å². The van der Waals surface area contributed by atoms with Crippen LogP contribution < -0.4 is 4.73 Å². The molecule has 2 heteroatoms. The maximum Gasteiger partial charge on any atom is 0.183 e. The minimum absolute atomic E-state index is 0.432. The van der Waals surface area contributed by atoms with Crippen molar-refractivity contribution in [1.82, 2.24) is 0 Å². The Morgan fingerprint density at radius 2 is 2.20 bits per heavy atom. The van der Waals surface area contributed by atoms with Crippen molar-refractivity contribution in [2.45, 2.75) is 19.8 Å². The molecule has 0 aliphatic carbocycles. The van der Waals surface area contributed by atoms with Gasteiger partial charge in [0.05, 0.1) is 0 Å². The van der Waals surface area contributed by atoms with Crippen LogP contribution in [0.5, 0.6) is 0 Å². The van der Waals surface area contributed by atoms with Gasteiger partial charge < -0.3 is 5.21 Å². The molecular formula is C8H11NO. The molecule has 0 radical (unpaired) electrons. The summed E-state index contributed by atoms with van der Waals surface area (Å²) in [6, 6.07) is 3.72. The van der Waals surface area contributed by atoms with E-state index in [1.807, 2.05) is 6.07 Å². The van der Waals surface area contributed by atoms with Crippen LogP contribution in [0.1, 0.15) is 25.3 Å². The van der Waals surface area contributed by atoms with Gasteiger partial charge in [-0.2, -0.15) is 4.73 Å². The van der Waals surface area contributed by atoms with Gasteiger partial charge in [0.25, 0.3) is 0 Å². The van der Waals surface area contributed by atoms with Crippen molar-refractivity contribution in [3.05, 3.63) is 35.3 Å². The van der Waals surface area contributed by atoms with E-state index in [9.17, 15) is 5.21 Å². The highest BCUT2D eigenvalue weighted by molar-refractivity contribution is 5.09. The summed E-state index contributed by atoms with van der Waals surface area (Å²) in [5.74, 6) is 0.432. The summed E-state index contributed by atoms with van der Waals surface area (Å²) in [5, 5.41) is 10.7. The third kappa shape index (κ3) is 1.47. The maximum atomic E-state index is 10.7. The lowest BCUT2D eigenvalue weighted by Crippen LogP contribution is -2.24. The molecule has 0 aliphatic heterocycles. The molecule has 54 valence electrons. The van der Waals surface area contributed by atoms with Crippen LogP contribution in [0.2, 0.25) is 0 Å². The number of rotatable bonds is 1. The average Bonchev–Trinajstić information content (AvgIpc) is 1.88. The summed E-state index contributed by atoms with van der Waals surface area (Å²) in [7, 11) is 0. The second-order valence-electron chi connectivity index (χ2n) is 2.65. The van der Waals surface area contributed by atoms with E-state index in [1.165, 1.54) is 6.20 Å². The SMILES string of the molecule is CC(C)c1ccc[n+]([O-])c1. The van der Waals surface area contributed by atoms with E-state index in [4.69, 9.17) is 0 Å². The Kier molecular flexibility index (Phi) is 1.90. The molecule has 0 saturated carbocycles. The predicted molar refractivity (Wildman–Crippen MR) is 39.5 cm³/mol. The van der Waals surface area contributed by atoms with E-state index in [-0.39, 0.29) is 0 Å². The minimum atomic E-state index is 0.432. The molecule has 0 saturated heterocycles. The van der Waals surface area contributed by atoms with Crippen LogP contribution in [0.25, 0.3) is 0 Å². The molecule has 0 N–H and O–H groups in total. The van der Waals surface area contributed by atoms with Crippen molar-refractivity contribution in [3.8, 4) is 0 Å². The van der Waals surface area contributed by atoms with Crippen LogP contribution in [-0.2, 0) is 0 Å². The smallest absolute Gasteiger partial charge is 0.183 e. The van der Waals surface area contributed by atoms with Crippen molar-refractivity contribution in [3.63, 3.8) is 0 Å². The first-order chi connectivity index (χ1) is 4.70. The number of nitrogens with zero attached hydrogens (tertiary/aromatic N) is 1. The van der Waals surface area contributed by atoms with Gasteiger partial charge in [-0.3, -0.25) is 0 Å². The van der Waals surface area contributed by atoms with Crippen molar-refractivity contribution in [2.75, 3.05) is 0 Å². The molecule has 10 heavy (non-hydrogen) atoms. The first kappa shape index (κ1) is 7.06. The van der Waals surface area contributed by atoms with Gasteiger partial charge in [0, 0.05) is 11.6 Å². The van der Waals surface area contributed by atoms with Crippen LogP contribution in [-0.4, -0.2) is 0 Å². The topological polar surface area (TPSA) is 26.9 Å². The third-order valence-corrected chi connectivity index (χ3v) is 1.46. The van der Waals surface area contributed by atoms with E-state index >= 15 is 0 Å². The van der Waals surface area contributed by atoms with E-state index < -0.39 is 0 Å². The van der Waals surface area contributed by atoms with Crippen molar-refractivity contribution in [2.24, 2.45) is 0 Å². The fourth-order valence-electron chi connectivity index (χ4n) is 0.813. The lowest BCUT2D eigenvalue weighted by Gasteiger charge is -2.02. The number of pyridine rings is 1. The van der Waals surface area contributed by atoms with E-state index in [0.29, 0.717) is 5.92 Å². The van der Waals surface area contributed by atoms with Crippen molar-refractivity contribution in [1.29, 1.82) is 0 Å². The summed E-state index contributed by atoms with van der Waals surface area (Å²) in [6.45, 7) is 4.13. The predicted octanol–water partition coefficient (Wildman–Crippen LogP) is 1.44. The Morgan fingerprint density at radius 3 is 2.60 bits per heavy atom. The monoisotopic (exact) mass is 137 g/mol. The Bertz CT molecular complexity index is 220. The molecular weight excluding hydrogens is 126 g/mol. The minimum Gasteiger partial charge on any atom is -0.619 e. The zero-order valence-electron chi connectivity index (χ0n) is 6.24. The largest absolute Gasteiger partial charge is 0.619 e. The zero-order chi connectivity index (χ0) is 7.56. The molecule has 0 spiro atoms. The standard InChI is InChI=1S/C8H11NO/c1-7(2)8-4-3-5-9(10)6-8/h3-7H,1-2H3. The quantitative estimate of drug-likeness (QED) is 0.425. The number of hydrogen-bond donors (Lipinski definition) is 0. The summed E-state index contributed by atoms with van der Waals surface area (Å²) in [5.41, 5.74) is 1.08. The second kappa shape index (κ2) is 2.69. The summed E-state index contributed by atoms with van der Waals surface area (Å²) in [4.78, 5) is 0. The molecule has 0 unspecified atom stereocenters. The maximum absolute atomic E-state index is 10.7. The van der Waals surface area contributed by atoms with Crippen LogP contribution >= 0.6 is 0 Å². The third-order valence-electron chi connectivity index (χ3n) is 1.46. The van der Waals surface area contributed by atoms with Crippen LogP contribution in [0.15, 0.2) is 24.5 Å². The molecule has 1 rings (SSSR count). The lowest BCUT2D eigenvalue weighted by atomic mass is 10.1. The number of hydrogen-bond acceptors (Lipinski definition) is 1. The summed E-state index contributed by atoms with van der Waals surface area (Å²) in [6.07, 6.45) is 3.09. The first-order valence-electron chi connectivity index (χ1n) is 3.39. The average molecular weight is 137 g/mol. The molecule has 2 nitrogen and oxygen atoms in total. The van der Waals surface area contributed by atoms with Gasteiger partial charge in [0.2, 0.25) is 0 Å². The van der Waals surface area contributed by atoms with E-state index in [2.05, 4.69) is 13.8 Å². The summed E-state index contributed by atoms with van der Waals surface area (Å²) < 4.78 is 0.829. The number of aromatic nitrogens is 1. The van der Waals surface area contributed by atoms with Gasteiger partial charge in [0.15, 0.2) is 12.4 Å². The molecule has 0 aromatic carbocycles. The molecule has 1 aromatic rings. The van der Waals surface area contributed by atoms with E-state index in [0.717, 1.165) is 10.3 Å². The fourth-order valence-corrected chi connectivity index (χ4v) is 0.813. The Hall–Kier alpha value is -1.05. The molecule has 1 aromatic heterocycles. The molecule has 0 atom stereocenters. The fraction of sp³-hybridized carbons (Fsp3) is 0.375. The van der Waals surface area contributed by atoms with Crippen LogP contribution in [0.4, 0.5) is 0 Å². The molecule has 0 aliphatic rings. The first-order valence-corrected chi connectivity index (χ1v) is 3.39. The Labute approximate surface area is 60.7 Å². The molecule has 1 heterocycles. The van der Waals surface area contributed by atoms with Gasteiger partial charge >= 0.3 is 0 Å². The van der Waals surface area contributed by atoms with Gasteiger partial charge in [-0.05, 0) is 12.0 Å². The Balaban J connectivity index is 2.96. The van der Waals surface area contributed by atoms with E-state index in [1.54, 1.807) is 12.3 Å². The second-order valence-corrected chi connectivity index (χ2v) is 2.65.